The van der Waals surface area contributed by atoms with Crippen molar-refractivity contribution >= 4 is 34.2 Å². The zero-order valence-corrected chi connectivity index (χ0v) is 17.9. The van der Waals surface area contributed by atoms with Crippen molar-refractivity contribution in [3.63, 3.8) is 0 Å². The van der Waals surface area contributed by atoms with E-state index in [0.717, 1.165) is 11.0 Å². The van der Waals surface area contributed by atoms with Crippen molar-refractivity contribution in [1.82, 2.24) is 9.97 Å². The molecule has 4 aromatic rings. The van der Waals surface area contributed by atoms with Crippen molar-refractivity contribution in [3.05, 3.63) is 65.2 Å². The zero-order valence-electron chi connectivity index (χ0n) is 17.2. The van der Waals surface area contributed by atoms with Gasteiger partial charge in [-0.2, -0.15) is 0 Å². The Balaban J connectivity index is 1.65. The molecule has 158 valence electrons. The molecule has 0 saturated heterocycles. The SMILES string of the molecule is COc1cc(OC)cc(C(=O)Nc2ccc(Cl)c(-c3nc4cc(OC)ccc4[nH]3)c2)c1. The van der Waals surface area contributed by atoms with Crippen molar-refractivity contribution in [3.8, 4) is 28.6 Å². The van der Waals surface area contributed by atoms with Crippen molar-refractivity contribution in [2.75, 3.05) is 26.6 Å². The molecule has 2 N–H and O–H groups in total. The standard InChI is InChI=1S/C23H20ClN3O4/c1-29-15-5-7-20-21(12-15)27-22(26-20)18-10-14(4-6-19(18)24)25-23(28)13-8-16(30-2)11-17(9-13)31-3/h4-12H,1-3H3,(H,25,28)(H,26,27). The number of H-pyrrole nitrogens is 1. The number of methoxy groups -OCH3 is 3. The van der Waals surface area contributed by atoms with Gasteiger partial charge in [-0.05, 0) is 42.5 Å². The lowest BCUT2D eigenvalue weighted by Crippen LogP contribution is -2.12. The van der Waals surface area contributed by atoms with Gasteiger partial charge in [0.2, 0.25) is 0 Å². The Morgan fingerprint density at radius 1 is 0.903 bits per heavy atom. The van der Waals surface area contributed by atoms with Crippen LogP contribution in [-0.2, 0) is 0 Å². The van der Waals surface area contributed by atoms with Crippen LogP contribution >= 0.6 is 11.6 Å². The third-order valence-corrected chi connectivity index (χ3v) is 5.11. The van der Waals surface area contributed by atoms with E-state index in [9.17, 15) is 4.79 Å². The topological polar surface area (TPSA) is 85.5 Å². The number of benzene rings is 3. The van der Waals surface area contributed by atoms with Crippen molar-refractivity contribution in [2.45, 2.75) is 0 Å². The zero-order chi connectivity index (χ0) is 22.0. The molecular weight excluding hydrogens is 418 g/mol. The second kappa shape index (κ2) is 8.57. The summed E-state index contributed by atoms with van der Waals surface area (Å²) in [6, 6.07) is 15.8. The second-order valence-corrected chi connectivity index (χ2v) is 7.13. The molecule has 0 bridgehead atoms. The summed E-state index contributed by atoms with van der Waals surface area (Å²) in [6.45, 7) is 0. The number of hydrogen-bond acceptors (Lipinski definition) is 5. The summed E-state index contributed by atoms with van der Waals surface area (Å²) in [4.78, 5) is 20.7. The van der Waals surface area contributed by atoms with E-state index >= 15 is 0 Å². The molecule has 0 fully saturated rings. The normalized spacial score (nSPS) is 10.7. The first kappa shape index (κ1) is 20.6. The predicted octanol–water partition coefficient (Wildman–Crippen LogP) is 5.16. The van der Waals surface area contributed by atoms with E-state index in [1.54, 1.807) is 43.5 Å². The van der Waals surface area contributed by atoms with Gasteiger partial charge in [0.25, 0.3) is 5.91 Å². The van der Waals surface area contributed by atoms with Crippen LogP contribution in [0.4, 0.5) is 5.69 Å². The summed E-state index contributed by atoms with van der Waals surface area (Å²) in [5.41, 5.74) is 3.25. The van der Waals surface area contributed by atoms with E-state index in [0.29, 0.717) is 44.9 Å². The number of aromatic nitrogens is 2. The van der Waals surface area contributed by atoms with E-state index in [4.69, 9.17) is 25.8 Å². The molecule has 4 rings (SSSR count). The van der Waals surface area contributed by atoms with E-state index in [1.165, 1.54) is 14.2 Å². The van der Waals surface area contributed by atoms with Crippen LogP contribution in [0.5, 0.6) is 17.2 Å². The van der Waals surface area contributed by atoms with Gasteiger partial charge < -0.3 is 24.5 Å². The molecule has 3 aromatic carbocycles. The number of aromatic amines is 1. The predicted molar refractivity (Wildman–Crippen MR) is 121 cm³/mol. The molecule has 0 radical (unpaired) electrons. The van der Waals surface area contributed by atoms with Gasteiger partial charge in [0.15, 0.2) is 0 Å². The molecule has 0 saturated carbocycles. The Hall–Kier alpha value is -3.71. The Morgan fingerprint density at radius 2 is 1.61 bits per heavy atom. The van der Waals surface area contributed by atoms with Gasteiger partial charge >= 0.3 is 0 Å². The number of carbonyl (C=O) groups excluding carboxylic acids is 1. The highest BCUT2D eigenvalue weighted by Crippen LogP contribution is 2.31. The molecule has 0 atom stereocenters. The fourth-order valence-electron chi connectivity index (χ4n) is 3.17. The van der Waals surface area contributed by atoms with Crippen LogP contribution in [0.2, 0.25) is 5.02 Å². The molecule has 0 unspecified atom stereocenters. The molecule has 0 aliphatic heterocycles. The minimum atomic E-state index is -0.306. The third-order valence-electron chi connectivity index (χ3n) is 4.78. The van der Waals surface area contributed by atoms with E-state index in [1.807, 2.05) is 18.2 Å². The van der Waals surface area contributed by atoms with Gasteiger partial charge in [0.05, 0.1) is 37.4 Å². The lowest BCUT2D eigenvalue weighted by Gasteiger charge is -2.10. The fraction of sp³-hybridized carbons (Fsp3) is 0.130. The van der Waals surface area contributed by atoms with E-state index in [2.05, 4.69) is 15.3 Å². The molecule has 0 aliphatic carbocycles. The number of ether oxygens (including phenoxy) is 3. The van der Waals surface area contributed by atoms with Gasteiger partial charge in [-0.1, -0.05) is 11.6 Å². The molecule has 1 heterocycles. The van der Waals surface area contributed by atoms with E-state index < -0.39 is 0 Å². The molecule has 0 spiro atoms. The monoisotopic (exact) mass is 437 g/mol. The number of rotatable bonds is 6. The number of nitrogens with zero attached hydrogens (tertiary/aromatic N) is 1. The quantitative estimate of drug-likeness (QED) is 0.435. The molecule has 8 heteroatoms. The molecule has 7 nitrogen and oxygen atoms in total. The number of anilines is 1. The van der Waals surface area contributed by atoms with Crippen LogP contribution in [0.15, 0.2) is 54.6 Å². The van der Waals surface area contributed by atoms with Gasteiger partial charge in [0, 0.05) is 28.9 Å². The van der Waals surface area contributed by atoms with Crippen LogP contribution in [0.1, 0.15) is 10.4 Å². The van der Waals surface area contributed by atoms with Gasteiger partial charge in [-0.3, -0.25) is 4.79 Å². The molecule has 31 heavy (non-hydrogen) atoms. The molecule has 1 amide bonds. The highest BCUT2D eigenvalue weighted by molar-refractivity contribution is 6.33. The first-order valence-corrected chi connectivity index (χ1v) is 9.76. The summed E-state index contributed by atoms with van der Waals surface area (Å²) < 4.78 is 15.7. The second-order valence-electron chi connectivity index (χ2n) is 6.72. The van der Waals surface area contributed by atoms with Crippen LogP contribution in [0.3, 0.4) is 0 Å². The van der Waals surface area contributed by atoms with Crippen molar-refractivity contribution < 1.29 is 19.0 Å². The Morgan fingerprint density at radius 3 is 2.29 bits per heavy atom. The fourth-order valence-corrected chi connectivity index (χ4v) is 3.37. The van der Waals surface area contributed by atoms with Crippen LogP contribution < -0.4 is 19.5 Å². The Kier molecular flexibility index (Phi) is 5.68. The largest absolute Gasteiger partial charge is 0.497 e. The number of carbonyl (C=O) groups is 1. The van der Waals surface area contributed by atoms with Crippen molar-refractivity contribution in [2.24, 2.45) is 0 Å². The smallest absolute Gasteiger partial charge is 0.255 e. The summed E-state index contributed by atoms with van der Waals surface area (Å²) in [5.74, 6) is 2.05. The van der Waals surface area contributed by atoms with E-state index in [-0.39, 0.29) is 5.91 Å². The molecule has 1 aromatic heterocycles. The van der Waals surface area contributed by atoms with Gasteiger partial charge in [-0.25, -0.2) is 4.98 Å². The van der Waals surface area contributed by atoms with Gasteiger partial charge in [0.1, 0.15) is 23.1 Å². The summed E-state index contributed by atoms with van der Waals surface area (Å²) in [7, 11) is 4.67. The summed E-state index contributed by atoms with van der Waals surface area (Å²) >= 11 is 6.42. The third kappa shape index (κ3) is 4.27. The average molecular weight is 438 g/mol. The maximum absolute atomic E-state index is 12.8. The highest BCUT2D eigenvalue weighted by Gasteiger charge is 2.14. The lowest BCUT2D eigenvalue weighted by molar-refractivity contribution is 0.102. The van der Waals surface area contributed by atoms with Crippen molar-refractivity contribution in [1.29, 1.82) is 0 Å². The number of imidazole rings is 1. The van der Waals surface area contributed by atoms with Gasteiger partial charge in [-0.15, -0.1) is 0 Å². The minimum Gasteiger partial charge on any atom is -0.497 e. The number of hydrogen-bond donors (Lipinski definition) is 2. The average Bonchev–Trinajstić information content (AvgIpc) is 3.22. The summed E-state index contributed by atoms with van der Waals surface area (Å²) in [5, 5.41) is 3.39. The maximum Gasteiger partial charge on any atom is 0.255 e. The number of halogens is 1. The number of nitrogens with one attached hydrogen (secondary N) is 2. The Labute approximate surface area is 183 Å². The number of fused-ring (bicyclic) bond motifs is 1. The first-order valence-electron chi connectivity index (χ1n) is 9.39. The van der Waals surface area contributed by atoms with Crippen LogP contribution in [0, 0.1) is 0 Å². The number of amides is 1. The lowest BCUT2D eigenvalue weighted by atomic mass is 10.1. The highest BCUT2D eigenvalue weighted by atomic mass is 35.5. The molecule has 0 aliphatic rings. The van der Waals surface area contributed by atoms with Crippen LogP contribution in [-0.4, -0.2) is 37.2 Å². The minimum absolute atomic E-state index is 0.306. The maximum atomic E-state index is 12.8. The molecular formula is C23H20ClN3O4. The Bertz CT molecular complexity index is 1250. The summed E-state index contributed by atoms with van der Waals surface area (Å²) in [6.07, 6.45) is 0. The first-order chi connectivity index (χ1) is 15.0. The van der Waals surface area contributed by atoms with Crippen LogP contribution in [0.25, 0.3) is 22.4 Å².